The van der Waals surface area contributed by atoms with E-state index >= 15 is 0 Å². The largest absolute Gasteiger partial charge is 0.494 e. The molecule has 0 fully saturated rings. The van der Waals surface area contributed by atoms with E-state index < -0.39 is 6.10 Å². The summed E-state index contributed by atoms with van der Waals surface area (Å²) >= 11 is 0. The zero-order valence-electron chi connectivity index (χ0n) is 11.9. The molecule has 0 spiro atoms. The molecular formula is C15H21NO4. The second kappa shape index (κ2) is 8.32. The fourth-order valence-corrected chi connectivity index (χ4v) is 1.63. The maximum Gasteiger partial charge on any atom is 0.220 e. The highest BCUT2D eigenvalue weighted by atomic mass is 16.5. The fourth-order valence-electron chi connectivity index (χ4n) is 1.63. The van der Waals surface area contributed by atoms with E-state index in [-0.39, 0.29) is 31.1 Å². The molecule has 0 saturated carbocycles. The smallest absolute Gasteiger partial charge is 0.220 e. The summed E-state index contributed by atoms with van der Waals surface area (Å²) in [4.78, 5) is 23.3. The molecule has 0 bridgehead atoms. The first kappa shape index (κ1) is 16.2. The minimum atomic E-state index is -0.583. The summed E-state index contributed by atoms with van der Waals surface area (Å²) < 4.78 is 5.29. The van der Waals surface area contributed by atoms with Crippen molar-refractivity contribution in [3.8, 4) is 5.75 Å². The standard InChI is InChI=1S/C15H21NO4/c1-3-20-13-6-4-12(5-7-13)14(18)8-9-15(19)16-10-11(2)17/h4-7,11,17H,3,8-10H2,1-2H3,(H,16,19). The molecular weight excluding hydrogens is 258 g/mol. The highest BCUT2D eigenvalue weighted by Crippen LogP contribution is 2.13. The lowest BCUT2D eigenvalue weighted by molar-refractivity contribution is -0.121. The van der Waals surface area contributed by atoms with Crippen LogP contribution in [0.3, 0.4) is 0 Å². The molecule has 0 heterocycles. The molecule has 1 unspecified atom stereocenters. The van der Waals surface area contributed by atoms with Crippen LogP contribution in [0.4, 0.5) is 0 Å². The molecule has 0 aromatic heterocycles. The molecule has 0 aliphatic carbocycles. The van der Waals surface area contributed by atoms with E-state index in [1.807, 2.05) is 6.92 Å². The van der Waals surface area contributed by atoms with Gasteiger partial charge in [-0.15, -0.1) is 0 Å². The SMILES string of the molecule is CCOc1ccc(C(=O)CCC(=O)NCC(C)O)cc1. The van der Waals surface area contributed by atoms with Gasteiger partial charge in [0.15, 0.2) is 5.78 Å². The highest BCUT2D eigenvalue weighted by Gasteiger charge is 2.09. The van der Waals surface area contributed by atoms with Gasteiger partial charge in [0.05, 0.1) is 12.7 Å². The number of ether oxygens (including phenoxy) is 1. The normalized spacial score (nSPS) is 11.8. The molecule has 1 aromatic carbocycles. The zero-order valence-corrected chi connectivity index (χ0v) is 11.9. The number of hydrogen-bond donors (Lipinski definition) is 2. The van der Waals surface area contributed by atoms with Crippen LogP contribution in [-0.4, -0.2) is 36.1 Å². The van der Waals surface area contributed by atoms with E-state index in [4.69, 9.17) is 9.84 Å². The van der Waals surface area contributed by atoms with Crippen LogP contribution in [0.2, 0.25) is 0 Å². The highest BCUT2D eigenvalue weighted by molar-refractivity contribution is 5.98. The Morgan fingerprint density at radius 3 is 2.45 bits per heavy atom. The van der Waals surface area contributed by atoms with Crippen molar-refractivity contribution in [2.75, 3.05) is 13.2 Å². The number of ketones is 1. The molecule has 110 valence electrons. The van der Waals surface area contributed by atoms with Gasteiger partial charge in [-0.25, -0.2) is 0 Å². The molecule has 5 nitrogen and oxygen atoms in total. The maximum atomic E-state index is 11.9. The van der Waals surface area contributed by atoms with Crippen LogP contribution in [0.5, 0.6) is 5.75 Å². The minimum absolute atomic E-state index is 0.0831. The second-order valence-corrected chi connectivity index (χ2v) is 4.53. The number of Topliss-reactive ketones (excluding diaryl/α,β-unsaturated/α-hetero) is 1. The summed E-state index contributed by atoms with van der Waals surface area (Å²) in [5.41, 5.74) is 0.566. The first-order chi connectivity index (χ1) is 9.52. The predicted molar refractivity (Wildman–Crippen MR) is 75.9 cm³/mol. The number of carbonyl (C=O) groups is 2. The molecule has 1 rings (SSSR count). The first-order valence-electron chi connectivity index (χ1n) is 6.73. The summed E-state index contributed by atoms with van der Waals surface area (Å²) in [6, 6.07) is 6.87. The van der Waals surface area contributed by atoms with E-state index in [1.165, 1.54) is 0 Å². The monoisotopic (exact) mass is 279 g/mol. The van der Waals surface area contributed by atoms with Gasteiger partial charge in [-0.3, -0.25) is 9.59 Å². The van der Waals surface area contributed by atoms with Crippen LogP contribution in [0.15, 0.2) is 24.3 Å². The molecule has 5 heteroatoms. The van der Waals surface area contributed by atoms with Crippen molar-refractivity contribution in [3.05, 3.63) is 29.8 Å². The predicted octanol–water partition coefficient (Wildman–Crippen LogP) is 1.55. The minimum Gasteiger partial charge on any atom is -0.494 e. The number of carbonyl (C=O) groups excluding carboxylic acids is 2. The lowest BCUT2D eigenvalue weighted by Gasteiger charge is -2.07. The number of nitrogens with one attached hydrogen (secondary N) is 1. The third-order valence-corrected chi connectivity index (χ3v) is 2.66. The number of rotatable bonds is 8. The summed E-state index contributed by atoms with van der Waals surface area (Å²) in [5, 5.41) is 11.6. The Morgan fingerprint density at radius 1 is 1.25 bits per heavy atom. The van der Waals surface area contributed by atoms with Crippen LogP contribution in [0.25, 0.3) is 0 Å². The quantitative estimate of drug-likeness (QED) is 0.708. The summed E-state index contributed by atoms with van der Waals surface area (Å²) in [6.45, 7) is 4.27. The molecule has 0 aliphatic rings. The molecule has 0 radical (unpaired) electrons. The van der Waals surface area contributed by atoms with Gasteiger partial charge >= 0.3 is 0 Å². The van der Waals surface area contributed by atoms with Crippen molar-refractivity contribution >= 4 is 11.7 Å². The van der Waals surface area contributed by atoms with E-state index in [0.29, 0.717) is 12.2 Å². The summed E-state index contributed by atoms with van der Waals surface area (Å²) in [7, 11) is 0. The number of aliphatic hydroxyl groups excluding tert-OH is 1. The summed E-state index contributed by atoms with van der Waals surface area (Å²) in [5.74, 6) is 0.407. The van der Waals surface area contributed by atoms with Gasteiger partial charge in [0.2, 0.25) is 5.91 Å². The third kappa shape index (κ3) is 5.84. The molecule has 0 aliphatic heterocycles. The summed E-state index contributed by atoms with van der Waals surface area (Å²) in [6.07, 6.45) is -0.306. The van der Waals surface area contributed by atoms with Crippen LogP contribution >= 0.6 is 0 Å². The van der Waals surface area contributed by atoms with Gasteiger partial charge < -0.3 is 15.2 Å². The van der Waals surface area contributed by atoms with E-state index in [0.717, 1.165) is 5.75 Å². The van der Waals surface area contributed by atoms with Crippen molar-refractivity contribution in [1.29, 1.82) is 0 Å². The van der Waals surface area contributed by atoms with E-state index in [1.54, 1.807) is 31.2 Å². The second-order valence-electron chi connectivity index (χ2n) is 4.53. The fraction of sp³-hybridized carbons (Fsp3) is 0.467. The van der Waals surface area contributed by atoms with Gasteiger partial charge in [0, 0.05) is 24.9 Å². The molecule has 1 amide bonds. The van der Waals surface area contributed by atoms with E-state index in [2.05, 4.69) is 5.32 Å². The Hall–Kier alpha value is -1.88. The number of hydrogen-bond acceptors (Lipinski definition) is 4. The van der Waals surface area contributed by atoms with Crippen molar-refractivity contribution in [2.24, 2.45) is 0 Å². The van der Waals surface area contributed by atoms with Crippen LogP contribution < -0.4 is 10.1 Å². The maximum absolute atomic E-state index is 11.9. The van der Waals surface area contributed by atoms with Crippen molar-refractivity contribution in [3.63, 3.8) is 0 Å². The molecule has 20 heavy (non-hydrogen) atoms. The third-order valence-electron chi connectivity index (χ3n) is 2.66. The average Bonchev–Trinajstić information content (AvgIpc) is 2.43. The van der Waals surface area contributed by atoms with E-state index in [9.17, 15) is 9.59 Å². The van der Waals surface area contributed by atoms with Gasteiger partial charge in [0.1, 0.15) is 5.75 Å². The van der Waals surface area contributed by atoms with Crippen molar-refractivity contribution < 1.29 is 19.4 Å². The van der Waals surface area contributed by atoms with Crippen LogP contribution in [0, 0.1) is 0 Å². The number of benzene rings is 1. The Balaban J connectivity index is 2.40. The molecule has 1 atom stereocenters. The Kier molecular flexibility index (Phi) is 6.73. The zero-order chi connectivity index (χ0) is 15.0. The topological polar surface area (TPSA) is 75.6 Å². The lowest BCUT2D eigenvalue weighted by atomic mass is 10.1. The van der Waals surface area contributed by atoms with Crippen LogP contribution in [0.1, 0.15) is 37.0 Å². The number of aliphatic hydroxyl groups is 1. The Morgan fingerprint density at radius 2 is 1.90 bits per heavy atom. The average molecular weight is 279 g/mol. The first-order valence-corrected chi connectivity index (χ1v) is 6.73. The Labute approximate surface area is 118 Å². The molecule has 0 saturated heterocycles. The van der Waals surface area contributed by atoms with Gasteiger partial charge in [0.25, 0.3) is 0 Å². The van der Waals surface area contributed by atoms with Crippen molar-refractivity contribution in [1.82, 2.24) is 5.32 Å². The number of amides is 1. The van der Waals surface area contributed by atoms with Gasteiger partial charge in [-0.2, -0.15) is 0 Å². The van der Waals surface area contributed by atoms with Gasteiger partial charge in [-0.05, 0) is 38.1 Å². The molecule has 2 N–H and O–H groups in total. The lowest BCUT2D eigenvalue weighted by Crippen LogP contribution is -2.30. The van der Waals surface area contributed by atoms with Crippen LogP contribution in [-0.2, 0) is 4.79 Å². The molecule has 1 aromatic rings. The Bertz CT molecular complexity index is 440. The van der Waals surface area contributed by atoms with Crippen molar-refractivity contribution in [2.45, 2.75) is 32.8 Å². The van der Waals surface area contributed by atoms with Gasteiger partial charge in [-0.1, -0.05) is 0 Å².